The van der Waals surface area contributed by atoms with Crippen molar-refractivity contribution in [2.75, 3.05) is 26.3 Å². The SMILES string of the molecule is O=S(=O)(NC(c1ccc(F)cc1)C(F)(F)F)N1CCOCC1. The number of morpholine rings is 1. The van der Waals surface area contributed by atoms with Gasteiger partial charge in [-0.25, -0.2) is 4.39 Å². The summed E-state index contributed by atoms with van der Waals surface area (Å²) < 4.78 is 83.9. The molecular weight excluding hydrogens is 328 g/mol. The van der Waals surface area contributed by atoms with E-state index in [1.165, 1.54) is 0 Å². The maximum atomic E-state index is 13.1. The van der Waals surface area contributed by atoms with Gasteiger partial charge in [0.1, 0.15) is 11.9 Å². The molecule has 124 valence electrons. The molecule has 1 aliphatic rings. The molecule has 10 heteroatoms. The van der Waals surface area contributed by atoms with E-state index in [0.29, 0.717) is 0 Å². The Hall–Kier alpha value is -1.23. The van der Waals surface area contributed by atoms with Crippen LogP contribution in [0.5, 0.6) is 0 Å². The summed E-state index contributed by atoms with van der Waals surface area (Å²) in [6.45, 7) is 0.189. The van der Waals surface area contributed by atoms with E-state index < -0.39 is 28.2 Å². The highest BCUT2D eigenvalue weighted by molar-refractivity contribution is 7.87. The quantitative estimate of drug-likeness (QED) is 0.846. The van der Waals surface area contributed by atoms with Gasteiger partial charge in [0.25, 0.3) is 10.2 Å². The molecular formula is C12H14F4N2O3S. The topological polar surface area (TPSA) is 58.6 Å². The van der Waals surface area contributed by atoms with E-state index in [9.17, 15) is 26.0 Å². The first-order valence-corrected chi connectivity index (χ1v) is 7.81. The smallest absolute Gasteiger partial charge is 0.379 e. The molecule has 1 unspecified atom stereocenters. The third-order valence-electron chi connectivity index (χ3n) is 3.11. The lowest BCUT2D eigenvalue weighted by molar-refractivity contribution is -0.153. The van der Waals surface area contributed by atoms with Gasteiger partial charge in [-0.05, 0) is 17.7 Å². The third-order valence-corrected chi connectivity index (χ3v) is 4.69. The molecule has 1 aromatic carbocycles. The Kier molecular flexibility index (Phi) is 5.05. The van der Waals surface area contributed by atoms with Gasteiger partial charge >= 0.3 is 6.18 Å². The number of hydrogen-bond acceptors (Lipinski definition) is 3. The minimum Gasteiger partial charge on any atom is -0.379 e. The standard InChI is InChI=1S/C12H14F4N2O3S/c13-10-3-1-9(2-4-10)11(12(14,15)16)17-22(19,20)18-5-7-21-8-6-18/h1-4,11,17H,5-8H2. The molecule has 5 nitrogen and oxygen atoms in total. The van der Waals surface area contributed by atoms with Gasteiger partial charge in [0.05, 0.1) is 13.2 Å². The van der Waals surface area contributed by atoms with E-state index in [-0.39, 0.29) is 31.9 Å². The largest absolute Gasteiger partial charge is 0.408 e. The van der Waals surface area contributed by atoms with Crippen LogP contribution in [0.3, 0.4) is 0 Å². The highest BCUT2D eigenvalue weighted by Gasteiger charge is 2.44. The van der Waals surface area contributed by atoms with Crippen LogP contribution >= 0.6 is 0 Å². The summed E-state index contributed by atoms with van der Waals surface area (Å²) in [5, 5.41) is 0. The predicted octanol–water partition coefficient (Wildman–Crippen LogP) is 1.60. The summed E-state index contributed by atoms with van der Waals surface area (Å²) >= 11 is 0. The molecule has 22 heavy (non-hydrogen) atoms. The van der Waals surface area contributed by atoms with Gasteiger partial charge in [0, 0.05) is 13.1 Å². The summed E-state index contributed by atoms with van der Waals surface area (Å²) in [5.74, 6) is -0.708. The molecule has 0 amide bonds. The number of benzene rings is 1. The van der Waals surface area contributed by atoms with Crippen molar-refractivity contribution >= 4 is 10.2 Å². The van der Waals surface area contributed by atoms with Gasteiger partial charge < -0.3 is 4.74 Å². The summed E-state index contributed by atoms with van der Waals surface area (Å²) in [7, 11) is -4.33. The van der Waals surface area contributed by atoms with Crippen LogP contribution in [0.1, 0.15) is 11.6 Å². The second kappa shape index (κ2) is 6.49. The molecule has 0 aliphatic carbocycles. The molecule has 0 saturated carbocycles. The number of hydrogen-bond donors (Lipinski definition) is 1. The van der Waals surface area contributed by atoms with Crippen LogP contribution < -0.4 is 4.72 Å². The van der Waals surface area contributed by atoms with Crippen molar-refractivity contribution in [1.29, 1.82) is 0 Å². The van der Waals surface area contributed by atoms with E-state index in [0.717, 1.165) is 28.6 Å². The average Bonchev–Trinajstić information content (AvgIpc) is 2.46. The summed E-state index contributed by atoms with van der Waals surface area (Å²) in [6, 6.07) is 1.04. The fourth-order valence-electron chi connectivity index (χ4n) is 1.99. The average molecular weight is 342 g/mol. The van der Waals surface area contributed by atoms with Gasteiger partial charge in [0.2, 0.25) is 0 Å². The van der Waals surface area contributed by atoms with Crippen molar-refractivity contribution in [3.05, 3.63) is 35.6 Å². The summed E-state index contributed by atoms with van der Waals surface area (Å²) in [5.41, 5.74) is -0.384. The Labute approximate surface area is 125 Å². The molecule has 0 radical (unpaired) electrons. The van der Waals surface area contributed by atoms with Crippen LogP contribution in [0.25, 0.3) is 0 Å². The lowest BCUT2D eigenvalue weighted by Gasteiger charge is -2.29. The summed E-state index contributed by atoms with van der Waals surface area (Å²) in [6.07, 6.45) is -4.85. The second-order valence-corrected chi connectivity index (χ2v) is 6.36. The lowest BCUT2D eigenvalue weighted by Crippen LogP contribution is -2.49. The number of rotatable bonds is 4. The van der Waals surface area contributed by atoms with E-state index in [2.05, 4.69) is 0 Å². The van der Waals surface area contributed by atoms with Crippen LogP contribution in [0.15, 0.2) is 24.3 Å². The molecule has 0 aromatic heterocycles. The van der Waals surface area contributed by atoms with Crippen LogP contribution in [-0.2, 0) is 14.9 Å². The van der Waals surface area contributed by atoms with Gasteiger partial charge in [-0.2, -0.15) is 30.6 Å². The van der Waals surface area contributed by atoms with Gasteiger partial charge in [-0.1, -0.05) is 12.1 Å². The molecule has 0 bridgehead atoms. The number of alkyl halides is 3. The van der Waals surface area contributed by atoms with Crippen molar-refractivity contribution in [2.24, 2.45) is 0 Å². The number of halogens is 4. The molecule has 1 atom stereocenters. The highest BCUT2D eigenvalue weighted by atomic mass is 32.2. The van der Waals surface area contributed by atoms with Crippen molar-refractivity contribution in [2.45, 2.75) is 12.2 Å². The molecule has 1 heterocycles. The third kappa shape index (κ3) is 4.15. The maximum Gasteiger partial charge on any atom is 0.408 e. The first kappa shape index (κ1) is 17.1. The maximum absolute atomic E-state index is 13.1. The Morgan fingerprint density at radius 2 is 1.68 bits per heavy atom. The second-order valence-electron chi connectivity index (χ2n) is 4.66. The number of nitrogens with one attached hydrogen (secondary N) is 1. The fourth-order valence-corrected chi connectivity index (χ4v) is 3.34. The number of nitrogens with zero attached hydrogens (tertiary/aromatic N) is 1. The Morgan fingerprint density at radius 1 is 1.14 bits per heavy atom. The Bertz CT molecular complexity index is 598. The Balaban J connectivity index is 2.25. The van der Waals surface area contributed by atoms with Gasteiger partial charge in [-0.3, -0.25) is 0 Å². The molecule has 2 rings (SSSR count). The monoisotopic (exact) mass is 342 g/mol. The first-order chi connectivity index (χ1) is 10.2. The minimum atomic E-state index is -4.85. The zero-order valence-electron chi connectivity index (χ0n) is 11.3. The first-order valence-electron chi connectivity index (χ1n) is 6.37. The normalized spacial score (nSPS) is 19.1. The van der Waals surface area contributed by atoms with Crippen LogP contribution in [0, 0.1) is 5.82 Å². The van der Waals surface area contributed by atoms with Gasteiger partial charge in [0.15, 0.2) is 0 Å². The van der Waals surface area contributed by atoms with Crippen molar-refractivity contribution in [1.82, 2.24) is 9.03 Å². The van der Waals surface area contributed by atoms with E-state index in [1.807, 2.05) is 0 Å². The van der Waals surface area contributed by atoms with Crippen molar-refractivity contribution in [3.8, 4) is 0 Å². The molecule has 1 N–H and O–H groups in total. The summed E-state index contributed by atoms with van der Waals surface area (Å²) in [4.78, 5) is 0. The molecule has 1 saturated heterocycles. The van der Waals surface area contributed by atoms with E-state index in [4.69, 9.17) is 4.74 Å². The van der Waals surface area contributed by atoms with Crippen LogP contribution in [0.2, 0.25) is 0 Å². The van der Waals surface area contributed by atoms with Gasteiger partial charge in [-0.15, -0.1) is 0 Å². The highest BCUT2D eigenvalue weighted by Crippen LogP contribution is 2.33. The van der Waals surface area contributed by atoms with Crippen LogP contribution in [-0.4, -0.2) is 45.2 Å². The van der Waals surface area contributed by atoms with E-state index >= 15 is 0 Å². The fraction of sp³-hybridized carbons (Fsp3) is 0.500. The van der Waals surface area contributed by atoms with Crippen molar-refractivity contribution < 1.29 is 30.7 Å². The molecule has 1 fully saturated rings. The molecule has 1 aromatic rings. The van der Waals surface area contributed by atoms with Crippen LogP contribution in [0.4, 0.5) is 17.6 Å². The number of ether oxygens (including phenoxy) is 1. The Morgan fingerprint density at radius 3 is 2.18 bits per heavy atom. The minimum absolute atomic E-state index is 0.0245. The lowest BCUT2D eigenvalue weighted by atomic mass is 10.1. The van der Waals surface area contributed by atoms with Crippen molar-refractivity contribution in [3.63, 3.8) is 0 Å². The zero-order valence-corrected chi connectivity index (χ0v) is 12.1. The zero-order chi connectivity index (χ0) is 16.4. The van der Waals surface area contributed by atoms with E-state index in [1.54, 1.807) is 4.72 Å². The molecule has 0 spiro atoms. The predicted molar refractivity (Wildman–Crippen MR) is 69.6 cm³/mol. The molecule has 1 aliphatic heterocycles.